The summed E-state index contributed by atoms with van der Waals surface area (Å²) < 4.78 is 89.0. The number of likely N-dealkylation sites (tertiary alicyclic amines) is 1. The number of alkyl halides is 2. The summed E-state index contributed by atoms with van der Waals surface area (Å²) in [5, 5.41) is 0. The van der Waals surface area contributed by atoms with Crippen LogP contribution in [0.5, 0.6) is 5.75 Å². The van der Waals surface area contributed by atoms with Crippen LogP contribution in [0, 0.1) is 13.8 Å². The Hall–Kier alpha value is -2.97. The van der Waals surface area contributed by atoms with Crippen LogP contribution in [-0.4, -0.2) is 62.1 Å². The van der Waals surface area contributed by atoms with Gasteiger partial charge in [-0.15, -0.1) is 0 Å². The van der Waals surface area contributed by atoms with E-state index in [1.807, 2.05) is 20.9 Å². The topological polar surface area (TPSA) is 134 Å². The summed E-state index contributed by atoms with van der Waals surface area (Å²) in [5.41, 5.74) is 1.70. The summed E-state index contributed by atoms with van der Waals surface area (Å²) in [6.07, 6.45) is -0.0500. The molecule has 1 aliphatic heterocycles. The van der Waals surface area contributed by atoms with Gasteiger partial charge in [0.2, 0.25) is 0 Å². The van der Waals surface area contributed by atoms with Gasteiger partial charge in [-0.05, 0) is 70.3 Å². The summed E-state index contributed by atoms with van der Waals surface area (Å²) >= 11 is 0. The van der Waals surface area contributed by atoms with Crippen molar-refractivity contribution >= 4 is 20.2 Å². The van der Waals surface area contributed by atoms with E-state index in [-0.39, 0.29) is 15.5 Å². The Kier molecular flexibility index (Phi) is 11.3. The Bertz CT molecular complexity index is 1290. The van der Waals surface area contributed by atoms with Gasteiger partial charge < -0.3 is 4.74 Å². The maximum Gasteiger partial charge on any atom is 0.294 e. The number of benzene rings is 2. The quantitative estimate of drug-likeness (QED) is 0.407. The van der Waals surface area contributed by atoms with Crippen molar-refractivity contribution < 1.29 is 39.5 Å². The number of halogens is 2. The minimum Gasteiger partial charge on any atom is -0.490 e. The molecule has 0 saturated carbocycles. The van der Waals surface area contributed by atoms with Crippen molar-refractivity contribution in [3.05, 3.63) is 83.7 Å². The molecule has 0 bridgehead atoms. The molecule has 0 unspecified atom stereocenters. The second-order valence-electron chi connectivity index (χ2n) is 8.53. The van der Waals surface area contributed by atoms with Gasteiger partial charge in [0.15, 0.2) is 0 Å². The molecule has 2 heterocycles. The predicted octanol–water partition coefficient (Wildman–Crippen LogP) is 4.59. The largest absolute Gasteiger partial charge is 0.490 e. The van der Waals surface area contributed by atoms with E-state index in [1.54, 1.807) is 24.3 Å². The van der Waals surface area contributed by atoms with Crippen LogP contribution in [0.1, 0.15) is 29.7 Å². The maximum absolute atomic E-state index is 12.2. The molecule has 38 heavy (non-hydrogen) atoms. The van der Waals surface area contributed by atoms with Crippen molar-refractivity contribution in [1.29, 1.82) is 0 Å². The molecule has 9 nitrogen and oxygen atoms in total. The number of likely N-dealkylation sites (N-methyl/N-ethyl adjacent to an activating group) is 1. The molecule has 2 aromatic carbocycles. The van der Waals surface area contributed by atoms with Gasteiger partial charge in [-0.1, -0.05) is 35.4 Å². The molecule has 13 heteroatoms. The van der Waals surface area contributed by atoms with Crippen molar-refractivity contribution in [2.24, 2.45) is 0 Å². The SMILES string of the molecule is CN1CC[C@H]1COc1ccc(C(F)F)nc1.Cc1ccc(S(=O)(=O)O)cc1.Cc1ccc(S(=O)(=O)O)cc1. The van der Waals surface area contributed by atoms with Crippen molar-refractivity contribution in [2.75, 3.05) is 20.2 Å². The fraction of sp³-hybridized carbons (Fsp3) is 0.320. The number of rotatable bonds is 6. The second kappa shape index (κ2) is 13.7. The van der Waals surface area contributed by atoms with Crippen molar-refractivity contribution in [3.8, 4) is 5.75 Å². The Labute approximate surface area is 221 Å². The predicted molar refractivity (Wildman–Crippen MR) is 138 cm³/mol. The molecule has 1 atom stereocenters. The average molecular weight is 573 g/mol. The van der Waals surface area contributed by atoms with Crippen LogP contribution < -0.4 is 4.74 Å². The van der Waals surface area contributed by atoms with Gasteiger partial charge in [-0.2, -0.15) is 16.8 Å². The maximum atomic E-state index is 12.2. The van der Waals surface area contributed by atoms with Crippen LogP contribution in [0.25, 0.3) is 0 Å². The molecule has 4 rings (SSSR count). The van der Waals surface area contributed by atoms with Gasteiger partial charge in [0.25, 0.3) is 26.7 Å². The van der Waals surface area contributed by atoms with Crippen LogP contribution in [0.15, 0.2) is 76.7 Å². The first-order valence-corrected chi connectivity index (χ1v) is 14.2. The van der Waals surface area contributed by atoms with Gasteiger partial charge in [0.05, 0.1) is 16.0 Å². The molecule has 0 amide bonds. The minimum atomic E-state index is -4.02. The molecule has 2 N–H and O–H groups in total. The number of aromatic nitrogens is 1. The smallest absolute Gasteiger partial charge is 0.294 e. The summed E-state index contributed by atoms with van der Waals surface area (Å²) in [7, 11) is -6.00. The first-order valence-electron chi connectivity index (χ1n) is 11.3. The van der Waals surface area contributed by atoms with Crippen molar-refractivity contribution in [3.63, 3.8) is 0 Å². The van der Waals surface area contributed by atoms with Gasteiger partial charge in [-0.25, -0.2) is 8.78 Å². The molecule has 1 saturated heterocycles. The fourth-order valence-corrected chi connectivity index (χ4v) is 3.96. The van der Waals surface area contributed by atoms with E-state index in [0.29, 0.717) is 18.4 Å². The highest BCUT2D eigenvalue weighted by molar-refractivity contribution is 7.86. The number of nitrogens with zero attached hydrogens (tertiary/aromatic N) is 2. The third-order valence-corrected chi connectivity index (χ3v) is 7.24. The Morgan fingerprint density at radius 1 is 0.895 bits per heavy atom. The molecule has 0 spiro atoms. The zero-order valence-electron chi connectivity index (χ0n) is 21.0. The van der Waals surface area contributed by atoms with Crippen LogP contribution in [0.3, 0.4) is 0 Å². The molecular weight excluding hydrogens is 542 g/mol. The van der Waals surface area contributed by atoms with Crippen molar-refractivity contribution in [1.82, 2.24) is 9.88 Å². The number of hydrogen-bond donors (Lipinski definition) is 2. The highest BCUT2D eigenvalue weighted by Crippen LogP contribution is 2.20. The molecule has 3 aromatic rings. The van der Waals surface area contributed by atoms with E-state index in [2.05, 4.69) is 9.88 Å². The number of hydrogen-bond acceptors (Lipinski definition) is 7. The molecule has 0 radical (unpaired) electrons. The lowest BCUT2D eigenvalue weighted by atomic mass is 10.1. The standard InChI is InChI=1S/C11H14F2N2O.2C7H8O3S/c1-15-5-4-8(15)7-16-9-2-3-10(11(12)13)14-6-9;2*1-6-2-4-7(5-3-6)11(8,9)10/h2-3,6,8,11H,4-5,7H2,1H3;2*2-5H,1H3,(H,8,9,10)/t8-;;/m0../s1. The number of ether oxygens (including phenoxy) is 1. The Balaban J connectivity index is 0.000000206. The summed E-state index contributed by atoms with van der Waals surface area (Å²) in [6, 6.07) is 15.2. The molecule has 1 aliphatic rings. The first kappa shape index (κ1) is 31.2. The van der Waals surface area contributed by atoms with E-state index in [4.69, 9.17) is 13.8 Å². The molecule has 1 aromatic heterocycles. The third-order valence-electron chi connectivity index (χ3n) is 5.50. The molecule has 1 fully saturated rings. The zero-order valence-corrected chi connectivity index (χ0v) is 22.7. The zero-order chi connectivity index (χ0) is 28.5. The first-order chi connectivity index (χ1) is 17.7. The number of pyridine rings is 1. The average Bonchev–Trinajstić information content (AvgIpc) is 2.84. The van der Waals surface area contributed by atoms with E-state index >= 15 is 0 Å². The highest BCUT2D eigenvalue weighted by Gasteiger charge is 2.24. The van der Waals surface area contributed by atoms with E-state index in [1.165, 1.54) is 42.6 Å². The lowest BCUT2D eigenvalue weighted by molar-refractivity contribution is 0.0766. The lowest BCUT2D eigenvalue weighted by Gasteiger charge is -2.37. The van der Waals surface area contributed by atoms with Crippen LogP contribution in [0.2, 0.25) is 0 Å². The monoisotopic (exact) mass is 572 g/mol. The molecular formula is C25H30F2N2O7S2. The number of aryl methyl sites for hydroxylation is 2. The van der Waals surface area contributed by atoms with Crippen LogP contribution in [0.4, 0.5) is 8.78 Å². The lowest BCUT2D eigenvalue weighted by Crippen LogP contribution is -2.48. The Morgan fingerprint density at radius 3 is 1.66 bits per heavy atom. The van der Waals surface area contributed by atoms with E-state index < -0.39 is 26.7 Å². The van der Waals surface area contributed by atoms with E-state index in [9.17, 15) is 25.6 Å². The molecule has 208 valence electrons. The van der Waals surface area contributed by atoms with Gasteiger partial charge >= 0.3 is 0 Å². The van der Waals surface area contributed by atoms with E-state index in [0.717, 1.165) is 24.1 Å². The minimum absolute atomic E-state index is 0.0666. The highest BCUT2D eigenvalue weighted by atomic mass is 32.2. The Morgan fingerprint density at radius 2 is 1.37 bits per heavy atom. The van der Waals surface area contributed by atoms with Gasteiger partial charge in [-0.3, -0.25) is 19.0 Å². The third kappa shape index (κ3) is 10.4. The van der Waals surface area contributed by atoms with Gasteiger partial charge in [0, 0.05) is 6.04 Å². The fourth-order valence-electron chi connectivity index (χ4n) is 3.00. The van der Waals surface area contributed by atoms with Crippen molar-refractivity contribution in [2.45, 2.75) is 42.5 Å². The van der Waals surface area contributed by atoms with Crippen LogP contribution >= 0.6 is 0 Å². The summed E-state index contributed by atoms with van der Waals surface area (Å²) in [6.45, 7) is 5.37. The second-order valence-corrected chi connectivity index (χ2v) is 11.4. The summed E-state index contributed by atoms with van der Waals surface area (Å²) in [4.78, 5) is 5.69. The molecule has 0 aliphatic carbocycles. The summed E-state index contributed by atoms with van der Waals surface area (Å²) in [5.74, 6) is 0.546. The van der Waals surface area contributed by atoms with Gasteiger partial charge in [0.1, 0.15) is 18.1 Å². The normalized spacial score (nSPS) is 15.4. The van der Waals surface area contributed by atoms with Crippen LogP contribution in [-0.2, 0) is 20.2 Å².